The van der Waals surface area contributed by atoms with Crippen LogP contribution in [0.4, 0.5) is 17.6 Å². The SMILES string of the molecule is Cc1ccc(-c2ccc(C(=O)Oc3ccc(F)c(F)c3)c(F)c2)c(F)c1. The minimum atomic E-state index is -1.19. The van der Waals surface area contributed by atoms with Crippen molar-refractivity contribution in [3.63, 3.8) is 0 Å². The van der Waals surface area contributed by atoms with Crippen molar-refractivity contribution in [2.24, 2.45) is 0 Å². The normalized spacial score (nSPS) is 10.7. The predicted octanol–water partition coefficient (Wildman–Crippen LogP) is 5.44. The summed E-state index contributed by atoms with van der Waals surface area (Å²) in [5, 5.41) is 0. The van der Waals surface area contributed by atoms with Gasteiger partial charge < -0.3 is 4.74 Å². The molecule has 0 bridgehead atoms. The number of hydrogen-bond acceptors (Lipinski definition) is 2. The molecule has 26 heavy (non-hydrogen) atoms. The van der Waals surface area contributed by atoms with E-state index in [-0.39, 0.29) is 16.9 Å². The first kappa shape index (κ1) is 17.7. The Morgan fingerprint density at radius 1 is 0.769 bits per heavy atom. The van der Waals surface area contributed by atoms with E-state index in [1.807, 2.05) is 0 Å². The van der Waals surface area contributed by atoms with Crippen LogP contribution in [0, 0.1) is 30.2 Å². The second-order valence-electron chi connectivity index (χ2n) is 5.64. The van der Waals surface area contributed by atoms with E-state index < -0.39 is 34.8 Å². The molecule has 0 aliphatic rings. The monoisotopic (exact) mass is 360 g/mol. The number of carbonyl (C=O) groups is 1. The van der Waals surface area contributed by atoms with Gasteiger partial charge in [-0.05, 0) is 48.4 Å². The van der Waals surface area contributed by atoms with E-state index in [4.69, 9.17) is 4.74 Å². The highest BCUT2D eigenvalue weighted by molar-refractivity contribution is 5.92. The van der Waals surface area contributed by atoms with Gasteiger partial charge in [0.2, 0.25) is 0 Å². The summed E-state index contributed by atoms with van der Waals surface area (Å²) in [6.45, 7) is 1.73. The van der Waals surface area contributed by atoms with Crippen molar-refractivity contribution in [1.82, 2.24) is 0 Å². The lowest BCUT2D eigenvalue weighted by atomic mass is 10.0. The quantitative estimate of drug-likeness (QED) is 0.353. The van der Waals surface area contributed by atoms with Gasteiger partial charge in [0.15, 0.2) is 11.6 Å². The molecule has 0 aliphatic heterocycles. The van der Waals surface area contributed by atoms with Crippen LogP contribution >= 0.6 is 0 Å². The van der Waals surface area contributed by atoms with Crippen molar-refractivity contribution < 1.29 is 27.1 Å². The fourth-order valence-electron chi connectivity index (χ4n) is 2.40. The number of benzene rings is 3. The second kappa shape index (κ2) is 7.00. The van der Waals surface area contributed by atoms with E-state index in [2.05, 4.69) is 0 Å². The van der Waals surface area contributed by atoms with Gasteiger partial charge in [-0.15, -0.1) is 0 Å². The van der Waals surface area contributed by atoms with Gasteiger partial charge in [0.1, 0.15) is 17.4 Å². The third kappa shape index (κ3) is 3.59. The minimum absolute atomic E-state index is 0.190. The summed E-state index contributed by atoms with van der Waals surface area (Å²) in [6, 6.07) is 10.6. The van der Waals surface area contributed by atoms with Crippen LogP contribution in [-0.2, 0) is 0 Å². The molecule has 3 aromatic carbocycles. The highest BCUT2D eigenvalue weighted by Crippen LogP contribution is 2.26. The maximum atomic E-state index is 14.3. The molecule has 0 aliphatic carbocycles. The Labute approximate surface area is 146 Å². The zero-order valence-electron chi connectivity index (χ0n) is 13.5. The van der Waals surface area contributed by atoms with Crippen molar-refractivity contribution in [3.05, 3.63) is 89.0 Å². The zero-order valence-corrected chi connectivity index (χ0v) is 13.5. The Kier molecular flexibility index (Phi) is 4.75. The first-order valence-corrected chi connectivity index (χ1v) is 7.58. The van der Waals surface area contributed by atoms with Crippen LogP contribution in [0.25, 0.3) is 11.1 Å². The Bertz CT molecular complexity index is 999. The van der Waals surface area contributed by atoms with Gasteiger partial charge in [-0.1, -0.05) is 18.2 Å². The molecule has 0 saturated heterocycles. The van der Waals surface area contributed by atoms with E-state index in [0.717, 1.165) is 29.8 Å². The average molecular weight is 360 g/mol. The van der Waals surface area contributed by atoms with Crippen LogP contribution in [0.15, 0.2) is 54.6 Å². The second-order valence-corrected chi connectivity index (χ2v) is 5.64. The fourth-order valence-corrected chi connectivity index (χ4v) is 2.40. The van der Waals surface area contributed by atoms with Crippen LogP contribution in [0.1, 0.15) is 15.9 Å². The van der Waals surface area contributed by atoms with Gasteiger partial charge in [-0.25, -0.2) is 22.4 Å². The number of ether oxygens (including phenoxy) is 1. The molecule has 0 saturated carbocycles. The largest absolute Gasteiger partial charge is 0.423 e. The van der Waals surface area contributed by atoms with E-state index in [1.54, 1.807) is 13.0 Å². The highest BCUT2D eigenvalue weighted by Gasteiger charge is 2.17. The number of rotatable bonds is 3. The van der Waals surface area contributed by atoms with Gasteiger partial charge >= 0.3 is 5.97 Å². The Hall–Kier alpha value is -3.15. The van der Waals surface area contributed by atoms with Crippen LogP contribution in [0.3, 0.4) is 0 Å². The number of hydrogen-bond donors (Lipinski definition) is 0. The standard InChI is InChI=1S/C20H12F4O2/c1-11-2-5-14(17(22)8-11)12-3-6-15(18(23)9-12)20(25)26-13-4-7-16(21)19(24)10-13/h2-10H,1H3. The molecular formula is C20H12F4O2. The topological polar surface area (TPSA) is 26.3 Å². The Morgan fingerprint density at radius 2 is 1.54 bits per heavy atom. The summed E-state index contributed by atoms with van der Waals surface area (Å²) in [7, 11) is 0. The molecule has 0 unspecified atom stereocenters. The van der Waals surface area contributed by atoms with Crippen molar-refractivity contribution >= 4 is 5.97 Å². The molecule has 0 atom stereocenters. The molecular weight excluding hydrogens is 348 g/mol. The smallest absolute Gasteiger partial charge is 0.346 e. The summed E-state index contributed by atoms with van der Waals surface area (Å²) >= 11 is 0. The Balaban J connectivity index is 1.87. The van der Waals surface area contributed by atoms with Gasteiger partial charge in [-0.3, -0.25) is 0 Å². The van der Waals surface area contributed by atoms with Crippen molar-refractivity contribution in [2.75, 3.05) is 0 Å². The zero-order chi connectivity index (χ0) is 18.8. The highest BCUT2D eigenvalue weighted by atomic mass is 19.2. The van der Waals surface area contributed by atoms with Crippen molar-refractivity contribution in [3.8, 4) is 16.9 Å². The summed E-state index contributed by atoms with van der Waals surface area (Å²) < 4.78 is 59.2. The summed E-state index contributed by atoms with van der Waals surface area (Å²) in [4.78, 5) is 12.0. The number of halogens is 4. The van der Waals surface area contributed by atoms with Gasteiger partial charge in [0.25, 0.3) is 0 Å². The number of carbonyl (C=O) groups excluding carboxylic acids is 1. The van der Waals surface area contributed by atoms with Crippen LogP contribution in [0.5, 0.6) is 5.75 Å². The van der Waals surface area contributed by atoms with E-state index in [1.165, 1.54) is 18.2 Å². The van der Waals surface area contributed by atoms with E-state index in [0.29, 0.717) is 6.07 Å². The van der Waals surface area contributed by atoms with E-state index in [9.17, 15) is 22.4 Å². The molecule has 0 heterocycles. The lowest BCUT2D eigenvalue weighted by Gasteiger charge is -2.08. The summed E-state index contributed by atoms with van der Waals surface area (Å²) in [5.41, 5.74) is 0.754. The maximum absolute atomic E-state index is 14.3. The molecule has 0 aromatic heterocycles. The molecule has 0 radical (unpaired) electrons. The van der Waals surface area contributed by atoms with Crippen LogP contribution in [-0.4, -0.2) is 5.97 Å². The van der Waals surface area contributed by atoms with Gasteiger partial charge in [-0.2, -0.15) is 0 Å². The minimum Gasteiger partial charge on any atom is -0.423 e. The first-order valence-electron chi connectivity index (χ1n) is 7.58. The molecule has 0 fully saturated rings. The Morgan fingerprint density at radius 3 is 2.19 bits per heavy atom. The maximum Gasteiger partial charge on any atom is 0.346 e. The van der Waals surface area contributed by atoms with Crippen LogP contribution in [0.2, 0.25) is 0 Å². The molecule has 3 rings (SSSR count). The van der Waals surface area contributed by atoms with Crippen LogP contribution < -0.4 is 4.74 Å². The van der Waals surface area contributed by atoms with E-state index >= 15 is 0 Å². The molecule has 0 amide bonds. The molecule has 132 valence electrons. The molecule has 0 N–H and O–H groups in total. The third-order valence-corrected chi connectivity index (χ3v) is 3.73. The molecule has 2 nitrogen and oxygen atoms in total. The van der Waals surface area contributed by atoms with Crippen molar-refractivity contribution in [2.45, 2.75) is 6.92 Å². The summed E-state index contributed by atoms with van der Waals surface area (Å²) in [5.74, 6) is -5.07. The fraction of sp³-hybridized carbons (Fsp3) is 0.0500. The summed E-state index contributed by atoms with van der Waals surface area (Å²) in [6.07, 6.45) is 0. The molecule has 6 heteroatoms. The average Bonchev–Trinajstić information content (AvgIpc) is 2.58. The number of aryl methyl sites for hydroxylation is 1. The lowest BCUT2D eigenvalue weighted by molar-refractivity contribution is 0.0729. The predicted molar refractivity (Wildman–Crippen MR) is 87.8 cm³/mol. The first-order chi connectivity index (χ1) is 12.3. The van der Waals surface area contributed by atoms with Gasteiger partial charge in [0, 0.05) is 11.6 Å². The third-order valence-electron chi connectivity index (χ3n) is 3.73. The van der Waals surface area contributed by atoms with Crippen molar-refractivity contribution in [1.29, 1.82) is 0 Å². The molecule has 0 spiro atoms. The number of esters is 1. The lowest BCUT2D eigenvalue weighted by Crippen LogP contribution is -2.11. The van der Waals surface area contributed by atoms with Gasteiger partial charge in [0.05, 0.1) is 5.56 Å². The molecule has 3 aromatic rings.